The van der Waals surface area contributed by atoms with E-state index in [2.05, 4.69) is 15.3 Å². The van der Waals surface area contributed by atoms with E-state index in [4.69, 9.17) is 11.6 Å². The molecular weight excluding hydrogens is 268 g/mol. The average molecular weight is 279 g/mol. The van der Waals surface area contributed by atoms with E-state index in [0.717, 1.165) is 5.56 Å². The molecule has 2 heterocycles. The maximum absolute atomic E-state index is 10.9. The molecular formula is C12H11ClN4O2. The van der Waals surface area contributed by atoms with E-state index in [1.165, 1.54) is 12.1 Å². The first-order valence-corrected chi connectivity index (χ1v) is 5.93. The van der Waals surface area contributed by atoms with Gasteiger partial charge < -0.3 is 5.32 Å². The van der Waals surface area contributed by atoms with Gasteiger partial charge in [0.2, 0.25) is 5.82 Å². The molecule has 1 N–H and O–H groups in total. The monoisotopic (exact) mass is 278 g/mol. The smallest absolute Gasteiger partial charge is 0.311 e. The summed E-state index contributed by atoms with van der Waals surface area (Å²) in [7, 11) is 0. The van der Waals surface area contributed by atoms with Gasteiger partial charge in [0, 0.05) is 18.5 Å². The van der Waals surface area contributed by atoms with Gasteiger partial charge in [0.25, 0.3) is 0 Å². The lowest BCUT2D eigenvalue weighted by atomic mass is 10.1. The molecule has 0 saturated heterocycles. The first-order valence-electron chi connectivity index (χ1n) is 5.55. The summed E-state index contributed by atoms with van der Waals surface area (Å²) in [6.07, 6.45) is 3.35. The van der Waals surface area contributed by atoms with Crippen molar-refractivity contribution in [2.75, 3.05) is 5.32 Å². The number of halogens is 1. The topological polar surface area (TPSA) is 81.0 Å². The summed E-state index contributed by atoms with van der Waals surface area (Å²) in [4.78, 5) is 18.4. The molecule has 0 aliphatic heterocycles. The maximum atomic E-state index is 10.9. The van der Waals surface area contributed by atoms with Gasteiger partial charge in [-0.25, -0.2) is 4.98 Å². The van der Waals surface area contributed by atoms with Gasteiger partial charge in [0.1, 0.15) is 5.15 Å². The summed E-state index contributed by atoms with van der Waals surface area (Å²) in [6.45, 7) is 1.86. The van der Waals surface area contributed by atoms with Crippen molar-refractivity contribution < 1.29 is 4.92 Å². The van der Waals surface area contributed by atoms with E-state index < -0.39 is 4.92 Å². The number of nitro groups is 1. The standard InChI is InChI=1S/C12H11ClN4O2/c1-8(9-3-2-6-14-7-9)15-12-10(17(18)19)4-5-11(13)16-12/h2-8H,1H3,(H,15,16)/t8-/m0/s1. The minimum absolute atomic E-state index is 0.111. The van der Waals surface area contributed by atoms with Gasteiger partial charge in [0.05, 0.1) is 11.0 Å². The maximum Gasteiger partial charge on any atom is 0.311 e. The molecule has 19 heavy (non-hydrogen) atoms. The fraction of sp³-hybridized carbons (Fsp3) is 0.167. The summed E-state index contributed by atoms with van der Waals surface area (Å²) >= 11 is 5.76. The second-order valence-electron chi connectivity index (χ2n) is 3.91. The molecule has 0 saturated carbocycles. The molecule has 0 aromatic carbocycles. The van der Waals surface area contributed by atoms with Crippen LogP contribution in [-0.4, -0.2) is 14.9 Å². The predicted molar refractivity (Wildman–Crippen MR) is 72.2 cm³/mol. The molecule has 2 aromatic heterocycles. The Kier molecular flexibility index (Phi) is 3.91. The van der Waals surface area contributed by atoms with E-state index in [1.54, 1.807) is 18.5 Å². The van der Waals surface area contributed by atoms with E-state index in [1.807, 2.05) is 13.0 Å². The van der Waals surface area contributed by atoms with Gasteiger partial charge in [-0.3, -0.25) is 15.1 Å². The van der Waals surface area contributed by atoms with Crippen LogP contribution in [-0.2, 0) is 0 Å². The Morgan fingerprint density at radius 3 is 2.84 bits per heavy atom. The zero-order valence-corrected chi connectivity index (χ0v) is 10.8. The van der Waals surface area contributed by atoms with Crippen LogP contribution in [0.3, 0.4) is 0 Å². The number of hydrogen-bond acceptors (Lipinski definition) is 5. The number of aromatic nitrogens is 2. The van der Waals surface area contributed by atoms with E-state index in [9.17, 15) is 10.1 Å². The number of hydrogen-bond donors (Lipinski definition) is 1. The van der Waals surface area contributed by atoms with Gasteiger partial charge in [-0.05, 0) is 24.6 Å². The van der Waals surface area contributed by atoms with Gasteiger partial charge in [-0.1, -0.05) is 17.7 Å². The Morgan fingerprint density at radius 1 is 1.42 bits per heavy atom. The van der Waals surface area contributed by atoms with Crippen LogP contribution in [0.5, 0.6) is 0 Å². The van der Waals surface area contributed by atoms with Crippen LogP contribution >= 0.6 is 11.6 Å². The molecule has 0 unspecified atom stereocenters. The van der Waals surface area contributed by atoms with Crippen LogP contribution in [0.15, 0.2) is 36.7 Å². The van der Waals surface area contributed by atoms with Gasteiger partial charge in [-0.2, -0.15) is 0 Å². The molecule has 0 aliphatic carbocycles. The molecule has 2 aromatic rings. The zero-order valence-electron chi connectivity index (χ0n) is 10.1. The third kappa shape index (κ3) is 3.17. The Labute approximate surface area is 114 Å². The minimum atomic E-state index is -0.498. The molecule has 0 aliphatic rings. The lowest BCUT2D eigenvalue weighted by Gasteiger charge is -2.14. The number of pyridine rings is 2. The third-order valence-corrected chi connectivity index (χ3v) is 2.78. The van der Waals surface area contributed by atoms with Crippen LogP contribution in [0.25, 0.3) is 0 Å². The molecule has 0 radical (unpaired) electrons. The molecule has 6 nitrogen and oxygen atoms in total. The van der Waals surface area contributed by atoms with Crippen LogP contribution in [0.4, 0.5) is 11.5 Å². The van der Waals surface area contributed by atoms with Gasteiger partial charge in [0.15, 0.2) is 0 Å². The second-order valence-corrected chi connectivity index (χ2v) is 4.30. The largest absolute Gasteiger partial charge is 0.358 e. The highest BCUT2D eigenvalue weighted by Crippen LogP contribution is 2.27. The summed E-state index contributed by atoms with van der Waals surface area (Å²) in [6, 6.07) is 6.22. The lowest BCUT2D eigenvalue weighted by Crippen LogP contribution is -2.10. The van der Waals surface area contributed by atoms with Gasteiger partial charge in [-0.15, -0.1) is 0 Å². The first kappa shape index (κ1) is 13.2. The molecule has 0 bridgehead atoms. The normalized spacial score (nSPS) is 11.9. The minimum Gasteiger partial charge on any atom is -0.358 e. The number of anilines is 1. The van der Waals surface area contributed by atoms with Crippen LogP contribution in [0, 0.1) is 10.1 Å². The highest BCUT2D eigenvalue weighted by Gasteiger charge is 2.18. The quantitative estimate of drug-likeness (QED) is 0.527. The van der Waals surface area contributed by atoms with Crippen molar-refractivity contribution in [1.29, 1.82) is 0 Å². The summed E-state index contributed by atoms with van der Waals surface area (Å²) < 4.78 is 0. The van der Waals surface area contributed by atoms with Crippen molar-refractivity contribution in [3.05, 3.63) is 57.5 Å². The average Bonchev–Trinajstić information content (AvgIpc) is 2.39. The van der Waals surface area contributed by atoms with Gasteiger partial charge >= 0.3 is 5.69 Å². The molecule has 7 heteroatoms. The zero-order chi connectivity index (χ0) is 13.8. The van der Waals surface area contributed by atoms with Crippen molar-refractivity contribution in [3.8, 4) is 0 Å². The molecule has 2 rings (SSSR count). The van der Waals surface area contributed by atoms with E-state index in [0.29, 0.717) is 0 Å². The predicted octanol–water partition coefficient (Wildman–Crippen LogP) is 3.21. The van der Waals surface area contributed by atoms with Crippen LogP contribution in [0.1, 0.15) is 18.5 Å². The molecule has 0 fully saturated rings. The second kappa shape index (κ2) is 5.62. The molecule has 1 atom stereocenters. The number of nitrogens with zero attached hydrogens (tertiary/aromatic N) is 3. The summed E-state index contributed by atoms with van der Waals surface area (Å²) in [5, 5.41) is 14.1. The first-order chi connectivity index (χ1) is 9.08. The molecule has 0 amide bonds. The third-order valence-electron chi connectivity index (χ3n) is 2.57. The number of nitrogens with one attached hydrogen (secondary N) is 1. The van der Waals surface area contributed by atoms with Crippen molar-refractivity contribution >= 4 is 23.1 Å². The molecule has 98 valence electrons. The lowest BCUT2D eigenvalue weighted by molar-refractivity contribution is -0.384. The SMILES string of the molecule is C[C@H](Nc1nc(Cl)ccc1[N+](=O)[O-])c1cccnc1. The Balaban J connectivity index is 2.28. The van der Waals surface area contributed by atoms with Crippen molar-refractivity contribution in [2.24, 2.45) is 0 Å². The fourth-order valence-electron chi connectivity index (χ4n) is 1.60. The highest BCUT2D eigenvalue weighted by atomic mass is 35.5. The van der Waals surface area contributed by atoms with Crippen LogP contribution < -0.4 is 5.32 Å². The summed E-state index contributed by atoms with van der Waals surface area (Å²) in [5.74, 6) is 0.147. The molecule has 0 spiro atoms. The van der Waals surface area contributed by atoms with Crippen molar-refractivity contribution in [2.45, 2.75) is 13.0 Å². The number of rotatable bonds is 4. The summed E-state index contributed by atoms with van der Waals surface area (Å²) in [5.41, 5.74) is 0.790. The van der Waals surface area contributed by atoms with Crippen LogP contribution in [0.2, 0.25) is 5.15 Å². The van der Waals surface area contributed by atoms with Crippen molar-refractivity contribution in [1.82, 2.24) is 9.97 Å². The fourth-order valence-corrected chi connectivity index (χ4v) is 1.75. The highest BCUT2D eigenvalue weighted by molar-refractivity contribution is 6.29. The Bertz CT molecular complexity index is 592. The Hall–Kier alpha value is -2.21. The Morgan fingerprint density at radius 2 is 2.21 bits per heavy atom. The van der Waals surface area contributed by atoms with Crippen molar-refractivity contribution in [3.63, 3.8) is 0 Å². The van der Waals surface area contributed by atoms with E-state index in [-0.39, 0.29) is 22.7 Å². The van der Waals surface area contributed by atoms with E-state index >= 15 is 0 Å².